The first-order valence-electron chi connectivity index (χ1n) is 5.44. The van der Waals surface area contributed by atoms with Gasteiger partial charge in [-0.3, -0.25) is 0 Å². The van der Waals surface area contributed by atoms with Crippen LogP contribution < -0.4 is 0 Å². The molecule has 2 aromatic rings. The van der Waals surface area contributed by atoms with Crippen LogP contribution in [0.2, 0.25) is 0 Å². The maximum absolute atomic E-state index is 13.8. The summed E-state index contributed by atoms with van der Waals surface area (Å²) in [5.41, 5.74) is 1.26. The number of aliphatic hydroxyl groups is 1. The Kier molecular flexibility index (Phi) is 4.54. The molecule has 1 unspecified atom stereocenters. The summed E-state index contributed by atoms with van der Waals surface area (Å²) in [4.78, 5) is 0. The van der Waals surface area contributed by atoms with Crippen LogP contribution >= 0.6 is 31.9 Å². The molecule has 0 aliphatic heterocycles. The molecule has 2 rings (SSSR count). The maximum Gasteiger partial charge on any atom is 0.143 e. The summed E-state index contributed by atoms with van der Waals surface area (Å²) in [5, 5.41) is 10.1. The van der Waals surface area contributed by atoms with Gasteiger partial charge in [-0.25, -0.2) is 4.39 Å². The molecule has 0 bridgehead atoms. The third-order valence-corrected chi connectivity index (χ3v) is 3.76. The molecule has 1 N–H and O–H groups in total. The van der Waals surface area contributed by atoms with Gasteiger partial charge in [-0.15, -0.1) is 0 Å². The fraction of sp³-hybridized carbons (Fsp3) is 0.143. The van der Waals surface area contributed by atoms with Gasteiger partial charge < -0.3 is 5.11 Å². The first-order chi connectivity index (χ1) is 8.58. The van der Waals surface area contributed by atoms with Crippen LogP contribution in [-0.4, -0.2) is 5.11 Å². The normalized spacial score (nSPS) is 12.4. The predicted molar refractivity (Wildman–Crippen MR) is 76.9 cm³/mol. The molecular weight excluding hydrogens is 363 g/mol. The van der Waals surface area contributed by atoms with E-state index in [0.717, 1.165) is 10.0 Å². The Morgan fingerprint density at radius 1 is 1.11 bits per heavy atom. The highest BCUT2D eigenvalue weighted by molar-refractivity contribution is 9.10. The quantitative estimate of drug-likeness (QED) is 0.831. The second kappa shape index (κ2) is 5.95. The highest BCUT2D eigenvalue weighted by atomic mass is 79.9. The summed E-state index contributed by atoms with van der Waals surface area (Å²) < 4.78 is 15.1. The molecule has 2 aromatic carbocycles. The van der Waals surface area contributed by atoms with Gasteiger partial charge in [0.05, 0.1) is 10.6 Å². The molecule has 0 radical (unpaired) electrons. The molecule has 0 saturated heterocycles. The largest absolute Gasteiger partial charge is 0.388 e. The van der Waals surface area contributed by atoms with Crippen molar-refractivity contribution < 1.29 is 9.50 Å². The van der Waals surface area contributed by atoms with E-state index in [1.807, 2.05) is 24.3 Å². The number of halogens is 3. The Balaban J connectivity index is 2.22. The van der Waals surface area contributed by atoms with Gasteiger partial charge in [0.15, 0.2) is 0 Å². The summed E-state index contributed by atoms with van der Waals surface area (Å²) in [6.07, 6.45) is -0.468. The summed E-state index contributed by atoms with van der Waals surface area (Å²) in [5.74, 6) is -0.403. The molecule has 18 heavy (non-hydrogen) atoms. The minimum Gasteiger partial charge on any atom is -0.388 e. The molecule has 0 aliphatic carbocycles. The molecule has 0 heterocycles. The van der Waals surface area contributed by atoms with Crippen molar-refractivity contribution in [2.45, 2.75) is 12.5 Å². The lowest BCUT2D eigenvalue weighted by Crippen LogP contribution is -2.04. The van der Waals surface area contributed by atoms with Crippen LogP contribution in [-0.2, 0) is 6.42 Å². The molecule has 0 spiro atoms. The van der Waals surface area contributed by atoms with Gasteiger partial charge >= 0.3 is 0 Å². The summed E-state index contributed by atoms with van der Waals surface area (Å²) >= 11 is 6.49. The van der Waals surface area contributed by atoms with E-state index in [-0.39, 0.29) is 0 Å². The minimum atomic E-state index is -0.850. The number of aliphatic hydroxyl groups excluding tert-OH is 1. The fourth-order valence-corrected chi connectivity index (χ4v) is 2.60. The van der Waals surface area contributed by atoms with Crippen LogP contribution in [0.1, 0.15) is 17.2 Å². The van der Waals surface area contributed by atoms with Crippen LogP contribution in [0.15, 0.2) is 51.4 Å². The first kappa shape index (κ1) is 13.7. The molecule has 0 saturated carbocycles. The number of rotatable bonds is 3. The van der Waals surface area contributed by atoms with Crippen LogP contribution in [0.4, 0.5) is 4.39 Å². The molecule has 0 aliphatic rings. The Morgan fingerprint density at radius 2 is 1.83 bits per heavy atom. The second-order valence-corrected chi connectivity index (χ2v) is 5.76. The molecule has 0 aromatic heterocycles. The zero-order chi connectivity index (χ0) is 13.1. The van der Waals surface area contributed by atoms with Crippen molar-refractivity contribution in [1.82, 2.24) is 0 Å². The van der Waals surface area contributed by atoms with E-state index in [9.17, 15) is 9.50 Å². The Hall–Kier alpha value is -0.710. The fourth-order valence-electron chi connectivity index (χ4n) is 1.77. The van der Waals surface area contributed by atoms with E-state index in [1.54, 1.807) is 18.2 Å². The van der Waals surface area contributed by atoms with Crippen molar-refractivity contribution in [2.24, 2.45) is 0 Å². The van der Waals surface area contributed by atoms with Crippen LogP contribution in [0, 0.1) is 5.82 Å². The maximum atomic E-state index is 13.8. The van der Waals surface area contributed by atoms with Crippen molar-refractivity contribution in [3.8, 4) is 0 Å². The third-order valence-electron chi connectivity index (χ3n) is 2.66. The van der Waals surface area contributed by atoms with Crippen LogP contribution in [0.25, 0.3) is 0 Å². The van der Waals surface area contributed by atoms with E-state index < -0.39 is 11.9 Å². The first-order valence-corrected chi connectivity index (χ1v) is 7.03. The third kappa shape index (κ3) is 3.19. The summed E-state index contributed by atoms with van der Waals surface area (Å²) in [7, 11) is 0. The SMILES string of the molecule is OC(Cc1cccc(Br)c1)c1cccc(Br)c1F. The highest BCUT2D eigenvalue weighted by Gasteiger charge is 2.15. The zero-order valence-corrected chi connectivity index (χ0v) is 12.6. The van der Waals surface area contributed by atoms with Gasteiger partial charge in [-0.1, -0.05) is 40.2 Å². The lowest BCUT2D eigenvalue weighted by molar-refractivity contribution is 0.173. The topological polar surface area (TPSA) is 20.2 Å². The molecule has 94 valence electrons. The average molecular weight is 374 g/mol. The van der Waals surface area contributed by atoms with Crippen molar-refractivity contribution in [1.29, 1.82) is 0 Å². The van der Waals surface area contributed by atoms with Gasteiger partial charge in [-0.05, 0) is 39.7 Å². The predicted octanol–water partition coefficient (Wildman–Crippen LogP) is 4.63. The molecule has 4 heteroatoms. The van der Waals surface area contributed by atoms with Gasteiger partial charge in [0.25, 0.3) is 0 Å². The lowest BCUT2D eigenvalue weighted by atomic mass is 10.0. The highest BCUT2D eigenvalue weighted by Crippen LogP contribution is 2.26. The Morgan fingerprint density at radius 3 is 2.56 bits per heavy atom. The van der Waals surface area contributed by atoms with E-state index in [4.69, 9.17) is 0 Å². The number of benzene rings is 2. The number of hydrogen-bond donors (Lipinski definition) is 1. The minimum absolute atomic E-state index is 0.310. The molecule has 1 nitrogen and oxygen atoms in total. The monoisotopic (exact) mass is 372 g/mol. The van der Waals surface area contributed by atoms with E-state index >= 15 is 0 Å². The van der Waals surface area contributed by atoms with Crippen molar-refractivity contribution >= 4 is 31.9 Å². The zero-order valence-electron chi connectivity index (χ0n) is 9.41. The van der Waals surface area contributed by atoms with Crippen molar-refractivity contribution in [2.75, 3.05) is 0 Å². The van der Waals surface area contributed by atoms with Crippen LogP contribution in [0.3, 0.4) is 0 Å². The molecular formula is C14H11Br2FO. The summed E-state index contributed by atoms with van der Waals surface area (Å²) in [6, 6.07) is 12.6. The summed E-state index contributed by atoms with van der Waals surface area (Å²) in [6.45, 7) is 0. The van der Waals surface area contributed by atoms with Crippen molar-refractivity contribution in [3.63, 3.8) is 0 Å². The second-order valence-electron chi connectivity index (χ2n) is 3.99. The van der Waals surface area contributed by atoms with E-state index in [2.05, 4.69) is 31.9 Å². The Labute approximate surface area is 122 Å². The van der Waals surface area contributed by atoms with Crippen LogP contribution in [0.5, 0.6) is 0 Å². The van der Waals surface area contributed by atoms with E-state index in [1.165, 1.54) is 0 Å². The smallest absolute Gasteiger partial charge is 0.143 e. The van der Waals surface area contributed by atoms with Gasteiger partial charge in [0.2, 0.25) is 0 Å². The van der Waals surface area contributed by atoms with E-state index in [0.29, 0.717) is 16.5 Å². The molecule has 0 fully saturated rings. The van der Waals surface area contributed by atoms with Gasteiger partial charge in [0, 0.05) is 16.5 Å². The average Bonchev–Trinajstić information content (AvgIpc) is 2.32. The van der Waals surface area contributed by atoms with Crippen molar-refractivity contribution in [3.05, 3.63) is 68.4 Å². The van der Waals surface area contributed by atoms with Gasteiger partial charge in [0.1, 0.15) is 5.82 Å². The molecule has 0 amide bonds. The lowest BCUT2D eigenvalue weighted by Gasteiger charge is -2.13. The standard InChI is InChI=1S/C14H11Br2FO/c15-10-4-1-3-9(7-10)8-13(18)11-5-2-6-12(16)14(11)17/h1-7,13,18H,8H2. The Bertz CT molecular complexity index is 557. The van der Waals surface area contributed by atoms with Gasteiger partial charge in [-0.2, -0.15) is 0 Å². The molecule has 1 atom stereocenters. The number of hydrogen-bond acceptors (Lipinski definition) is 1.